The van der Waals surface area contributed by atoms with Crippen molar-refractivity contribution in [1.82, 2.24) is 9.55 Å². The topological polar surface area (TPSA) is 55.1 Å². The van der Waals surface area contributed by atoms with E-state index in [-0.39, 0.29) is 5.75 Å². The fourth-order valence-electron chi connectivity index (χ4n) is 1.90. The van der Waals surface area contributed by atoms with Crippen molar-refractivity contribution >= 4 is 29.5 Å². The highest BCUT2D eigenvalue weighted by molar-refractivity contribution is 7.99. The van der Waals surface area contributed by atoms with Gasteiger partial charge in [-0.3, -0.25) is 4.79 Å². The zero-order valence-electron chi connectivity index (χ0n) is 9.76. The van der Waals surface area contributed by atoms with E-state index in [4.69, 9.17) is 5.11 Å². The van der Waals surface area contributed by atoms with Crippen molar-refractivity contribution < 1.29 is 9.90 Å². The number of aryl methyl sites for hydroxylation is 1. The monoisotopic (exact) mass is 272 g/mol. The van der Waals surface area contributed by atoms with Crippen LogP contribution in [0.1, 0.15) is 12.1 Å². The summed E-state index contributed by atoms with van der Waals surface area (Å²) in [5.74, 6) is 2.45. The van der Waals surface area contributed by atoms with Crippen LogP contribution in [-0.2, 0) is 11.3 Å². The number of carbonyl (C=O) groups is 1. The third-order valence-corrected chi connectivity index (χ3v) is 4.87. The summed E-state index contributed by atoms with van der Waals surface area (Å²) in [5, 5.41) is 9.53. The van der Waals surface area contributed by atoms with Crippen LogP contribution in [0.5, 0.6) is 0 Å². The Morgan fingerprint density at radius 1 is 1.76 bits per heavy atom. The number of carboxylic acid groups (broad SMARTS) is 1. The zero-order chi connectivity index (χ0) is 12.3. The highest BCUT2D eigenvalue weighted by Gasteiger charge is 2.18. The first-order valence-electron chi connectivity index (χ1n) is 5.61. The van der Waals surface area contributed by atoms with Crippen LogP contribution in [0.25, 0.3) is 0 Å². The van der Waals surface area contributed by atoms with E-state index in [0.29, 0.717) is 5.92 Å². The van der Waals surface area contributed by atoms with Crippen molar-refractivity contribution in [2.45, 2.75) is 25.0 Å². The maximum atomic E-state index is 10.6. The molecule has 1 aliphatic rings. The third kappa shape index (κ3) is 3.67. The second-order valence-electron chi connectivity index (χ2n) is 4.23. The Labute approximate surface area is 109 Å². The molecule has 0 aliphatic carbocycles. The van der Waals surface area contributed by atoms with Crippen molar-refractivity contribution in [2.75, 3.05) is 17.3 Å². The van der Waals surface area contributed by atoms with Crippen molar-refractivity contribution in [3.63, 3.8) is 0 Å². The summed E-state index contributed by atoms with van der Waals surface area (Å²) < 4.78 is 2.11. The Kier molecular flexibility index (Phi) is 4.39. The Balaban J connectivity index is 2.01. The van der Waals surface area contributed by atoms with Gasteiger partial charge in [0.25, 0.3) is 0 Å². The molecule has 1 N–H and O–H groups in total. The van der Waals surface area contributed by atoms with Gasteiger partial charge in [-0.05, 0) is 30.8 Å². The van der Waals surface area contributed by atoms with Gasteiger partial charge in [-0.15, -0.1) is 0 Å². The first-order chi connectivity index (χ1) is 8.15. The van der Waals surface area contributed by atoms with Crippen molar-refractivity contribution in [3.05, 3.63) is 11.9 Å². The first-order valence-corrected chi connectivity index (χ1v) is 7.75. The van der Waals surface area contributed by atoms with E-state index in [1.54, 1.807) is 0 Å². The average molecular weight is 272 g/mol. The maximum absolute atomic E-state index is 10.6. The minimum atomic E-state index is -0.793. The van der Waals surface area contributed by atoms with Gasteiger partial charge in [0.1, 0.15) is 0 Å². The fraction of sp³-hybridized carbons (Fsp3) is 0.636. The Hall–Kier alpha value is -0.620. The molecule has 1 aromatic rings. The third-order valence-electron chi connectivity index (χ3n) is 2.66. The minimum absolute atomic E-state index is 0.0792. The lowest BCUT2D eigenvalue weighted by Gasteiger charge is -2.11. The molecule has 2 heterocycles. The van der Waals surface area contributed by atoms with E-state index in [1.165, 1.54) is 29.7 Å². The molecule has 1 atom stereocenters. The van der Waals surface area contributed by atoms with Gasteiger partial charge in [-0.25, -0.2) is 4.98 Å². The number of aliphatic carboxylic acids is 1. The van der Waals surface area contributed by atoms with Gasteiger partial charge in [0, 0.05) is 12.7 Å². The summed E-state index contributed by atoms with van der Waals surface area (Å²) in [7, 11) is 0. The molecule has 1 unspecified atom stereocenters. The molecule has 6 heteroatoms. The van der Waals surface area contributed by atoms with E-state index in [2.05, 4.69) is 9.55 Å². The van der Waals surface area contributed by atoms with E-state index >= 15 is 0 Å². The first kappa shape index (κ1) is 12.8. The Bertz CT molecular complexity index is 400. The van der Waals surface area contributed by atoms with Gasteiger partial charge in [0.2, 0.25) is 0 Å². The molecule has 1 saturated heterocycles. The molecule has 0 radical (unpaired) electrons. The Morgan fingerprint density at radius 3 is 3.24 bits per heavy atom. The number of thioether (sulfide) groups is 2. The summed E-state index contributed by atoms with van der Waals surface area (Å²) in [4.78, 5) is 15.0. The lowest BCUT2D eigenvalue weighted by molar-refractivity contribution is -0.133. The molecule has 0 spiro atoms. The van der Waals surface area contributed by atoms with Crippen molar-refractivity contribution in [1.29, 1.82) is 0 Å². The van der Waals surface area contributed by atoms with Crippen LogP contribution in [0, 0.1) is 12.8 Å². The lowest BCUT2D eigenvalue weighted by atomic mass is 10.1. The smallest absolute Gasteiger partial charge is 0.313 e. The summed E-state index contributed by atoms with van der Waals surface area (Å²) >= 11 is 3.30. The number of nitrogens with zero attached hydrogens (tertiary/aromatic N) is 2. The molecule has 1 aromatic heterocycles. The number of aromatic nitrogens is 2. The van der Waals surface area contributed by atoms with E-state index in [9.17, 15) is 4.79 Å². The number of hydrogen-bond acceptors (Lipinski definition) is 4. The molecular formula is C11H16N2O2S2. The second kappa shape index (κ2) is 5.82. The van der Waals surface area contributed by atoms with Gasteiger partial charge >= 0.3 is 5.97 Å². The molecule has 1 aliphatic heterocycles. The van der Waals surface area contributed by atoms with Gasteiger partial charge < -0.3 is 9.67 Å². The fourth-order valence-corrected chi connectivity index (χ4v) is 3.93. The van der Waals surface area contributed by atoms with E-state index < -0.39 is 5.97 Å². The van der Waals surface area contributed by atoms with Crippen LogP contribution in [0.4, 0.5) is 0 Å². The summed E-state index contributed by atoms with van der Waals surface area (Å²) in [6.45, 7) is 2.92. The SMILES string of the molecule is Cc1cn(CC2CCSC2)c(SCC(=O)O)n1. The molecule has 94 valence electrons. The molecule has 0 bridgehead atoms. The van der Waals surface area contributed by atoms with Crippen LogP contribution in [0.2, 0.25) is 0 Å². The van der Waals surface area contributed by atoms with Gasteiger partial charge in [-0.2, -0.15) is 11.8 Å². The maximum Gasteiger partial charge on any atom is 0.313 e. The van der Waals surface area contributed by atoms with Crippen LogP contribution >= 0.6 is 23.5 Å². The van der Waals surface area contributed by atoms with Gasteiger partial charge in [0.05, 0.1) is 11.4 Å². The Morgan fingerprint density at radius 2 is 2.59 bits per heavy atom. The molecular weight excluding hydrogens is 256 g/mol. The second-order valence-corrected chi connectivity index (χ2v) is 6.32. The largest absolute Gasteiger partial charge is 0.481 e. The lowest BCUT2D eigenvalue weighted by Crippen LogP contribution is -2.10. The molecule has 17 heavy (non-hydrogen) atoms. The van der Waals surface area contributed by atoms with Gasteiger partial charge in [-0.1, -0.05) is 11.8 Å². The average Bonchev–Trinajstić information content (AvgIpc) is 2.86. The summed E-state index contributed by atoms with van der Waals surface area (Å²) in [6, 6.07) is 0. The van der Waals surface area contributed by atoms with Crippen LogP contribution in [0.15, 0.2) is 11.4 Å². The highest BCUT2D eigenvalue weighted by Crippen LogP contribution is 2.27. The van der Waals surface area contributed by atoms with Crippen LogP contribution < -0.4 is 0 Å². The molecule has 0 aromatic carbocycles. The normalized spacial score (nSPS) is 19.7. The van der Waals surface area contributed by atoms with Crippen molar-refractivity contribution in [2.24, 2.45) is 5.92 Å². The zero-order valence-corrected chi connectivity index (χ0v) is 11.4. The molecule has 4 nitrogen and oxygen atoms in total. The number of hydrogen-bond donors (Lipinski definition) is 1. The molecule has 0 amide bonds. The van der Waals surface area contributed by atoms with Crippen LogP contribution in [0.3, 0.4) is 0 Å². The quantitative estimate of drug-likeness (QED) is 0.832. The predicted octanol–water partition coefficient (Wildman–Crippen LogP) is 2.12. The molecule has 2 rings (SSSR count). The number of carboxylic acids is 1. The number of imidazole rings is 1. The number of rotatable bonds is 5. The van der Waals surface area contributed by atoms with E-state index in [1.807, 2.05) is 24.9 Å². The molecule has 0 saturated carbocycles. The summed E-state index contributed by atoms with van der Waals surface area (Å²) in [6.07, 6.45) is 3.28. The van der Waals surface area contributed by atoms with E-state index in [0.717, 1.165) is 17.4 Å². The van der Waals surface area contributed by atoms with Gasteiger partial charge in [0.15, 0.2) is 5.16 Å². The van der Waals surface area contributed by atoms with Crippen molar-refractivity contribution in [3.8, 4) is 0 Å². The molecule has 1 fully saturated rings. The highest BCUT2D eigenvalue weighted by atomic mass is 32.2. The predicted molar refractivity (Wildman–Crippen MR) is 70.8 cm³/mol. The minimum Gasteiger partial charge on any atom is -0.481 e. The van der Waals surface area contributed by atoms with Crippen LogP contribution in [-0.4, -0.2) is 37.9 Å². The summed E-state index contributed by atoms with van der Waals surface area (Å²) in [5.41, 5.74) is 0.962. The standard InChI is InChI=1S/C11H16N2O2S2/c1-8-4-13(5-9-2-3-16-6-9)11(12-8)17-7-10(14)15/h4,9H,2-3,5-7H2,1H3,(H,14,15).